The third-order valence-corrected chi connectivity index (χ3v) is 12.3. The van der Waals surface area contributed by atoms with Crippen LogP contribution in [-0.4, -0.2) is 34.5 Å². The van der Waals surface area contributed by atoms with Gasteiger partial charge >= 0.3 is 0 Å². The molecule has 0 amide bonds. The average molecular weight is 846 g/mol. The smallest absolute Gasteiger partial charge is 0.229 e. The van der Waals surface area contributed by atoms with Gasteiger partial charge in [0.1, 0.15) is 11.2 Å². The molecule has 8 nitrogen and oxygen atoms in total. The van der Waals surface area contributed by atoms with E-state index in [9.17, 15) is 0 Å². The molecule has 0 bridgehead atoms. The summed E-state index contributed by atoms with van der Waals surface area (Å²) in [4.78, 5) is 30.3. The molecule has 0 aliphatic carbocycles. The van der Waals surface area contributed by atoms with Crippen LogP contribution >= 0.6 is 0 Å². The zero-order valence-corrected chi connectivity index (χ0v) is 35.2. The summed E-state index contributed by atoms with van der Waals surface area (Å²) in [5.41, 5.74) is 12.2. The number of rotatable bonds is 7. The van der Waals surface area contributed by atoms with E-state index < -0.39 is 0 Å². The van der Waals surface area contributed by atoms with Crippen LogP contribution in [0.15, 0.2) is 217 Å². The highest BCUT2D eigenvalue weighted by Crippen LogP contribution is 2.38. The van der Waals surface area contributed by atoms with Crippen LogP contribution in [-0.2, 0) is 0 Å². The number of pyridine rings is 1. The monoisotopic (exact) mass is 845 g/mol. The summed E-state index contributed by atoms with van der Waals surface area (Å²) in [5.74, 6) is 2.33. The van der Waals surface area contributed by atoms with Gasteiger partial charge in [-0.1, -0.05) is 158 Å². The number of furan rings is 1. The van der Waals surface area contributed by atoms with Crippen molar-refractivity contribution in [2.45, 2.75) is 0 Å². The Bertz CT molecular complexity index is 3920. The van der Waals surface area contributed by atoms with Gasteiger partial charge in [0.25, 0.3) is 0 Å². The first-order chi connectivity index (χ1) is 32.7. The van der Waals surface area contributed by atoms with Gasteiger partial charge in [0, 0.05) is 56.0 Å². The van der Waals surface area contributed by atoms with E-state index in [1.165, 1.54) is 10.8 Å². The molecule has 0 N–H and O–H groups in total. The molecular weight excluding hydrogens is 811 g/mol. The molecule has 0 spiro atoms. The average Bonchev–Trinajstić information content (AvgIpc) is 3.94. The van der Waals surface area contributed by atoms with Gasteiger partial charge in [-0.25, -0.2) is 29.9 Å². The summed E-state index contributed by atoms with van der Waals surface area (Å²) in [5, 5.41) is 5.53. The molecule has 308 valence electrons. The molecule has 0 aliphatic heterocycles. The van der Waals surface area contributed by atoms with Gasteiger partial charge in [-0.05, 0) is 64.9 Å². The molecule has 13 rings (SSSR count). The molecule has 8 heteroatoms. The lowest BCUT2D eigenvalue weighted by molar-refractivity contribution is 0.653. The summed E-state index contributed by atoms with van der Waals surface area (Å²) >= 11 is 0. The first-order valence-corrected chi connectivity index (χ1v) is 21.8. The first-order valence-electron chi connectivity index (χ1n) is 21.8. The lowest BCUT2D eigenvalue weighted by atomic mass is 10.0. The molecule has 0 saturated heterocycles. The van der Waals surface area contributed by atoms with E-state index in [1.54, 1.807) is 0 Å². The highest BCUT2D eigenvalue weighted by Gasteiger charge is 2.21. The lowest BCUT2D eigenvalue weighted by Crippen LogP contribution is -2.00. The van der Waals surface area contributed by atoms with Gasteiger partial charge < -0.3 is 8.98 Å². The Morgan fingerprint density at radius 1 is 0.348 bits per heavy atom. The number of para-hydroxylation sites is 2. The Hall–Kier alpha value is -9.14. The quantitative estimate of drug-likeness (QED) is 0.158. The van der Waals surface area contributed by atoms with Crippen LogP contribution in [0.4, 0.5) is 0 Å². The highest BCUT2D eigenvalue weighted by molar-refractivity contribution is 6.09. The molecule has 0 aliphatic rings. The predicted molar refractivity (Wildman–Crippen MR) is 265 cm³/mol. The Kier molecular flexibility index (Phi) is 8.67. The molecular formula is C58H35N7O. The maximum Gasteiger partial charge on any atom is 0.229 e. The van der Waals surface area contributed by atoms with Gasteiger partial charge in [0.15, 0.2) is 28.9 Å². The van der Waals surface area contributed by atoms with Gasteiger partial charge in [0.2, 0.25) is 5.71 Å². The van der Waals surface area contributed by atoms with E-state index >= 15 is 0 Å². The molecule has 5 aromatic heterocycles. The maximum absolute atomic E-state index is 6.54. The van der Waals surface area contributed by atoms with Crippen LogP contribution in [0.1, 0.15) is 0 Å². The van der Waals surface area contributed by atoms with Gasteiger partial charge in [-0.15, -0.1) is 0 Å². The zero-order valence-electron chi connectivity index (χ0n) is 35.2. The Balaban J connectivity index is 0.922. The van der Waals surface area contributed by atoms with Crippen molar-refractivity contribution >= 4 is 54.8 Å². The predicted octanol–water partition coefficient (Wildman–Crippen LogP) is 14.2. The van der Waals surface area contributed by atoms with Crippen molar-refractivity contribution in [3.05, 3.63) is 212 Å². The molecule has 0 unspecified atom stereocenters. The van der Waals surface area contributed by atoms with E-state index in [2.05, 4.69) is 126 Å². The lowest BCUT2D eigenvalue weighted by Gasteiger charge is -2.11. The van der Waals surface area contributed by atoms with E-state index in [-0.39, 0.29) is 0 Å². The van der Waals surface area contributed by atoms with Crippen LogP contribution < -0.4 is 0 Å². The van der Waals surface area contributed by atoms with E-state index in [4.69, 9.17) is 34.3 Å². The van der Waals surface area contributed by atoms with E-state index in [0.29, 0.717) is 45.8 Å². The van der Waals surface area contributed by atoms with Crippen molar-refractivity contribution in [3.8, 4) is 73.6 Å². The fourth-order valence-electron chi connectivity index (χ4n) is 9.06. The van der Waals surface area contributed by atoms with Gasteiger partial charge in [-0.2, -0.15) is 0 Å². The first kappa shape index (κ1) is 37.4. The van der Waals surface area contributed by atoms with Crippen molar-refractivity contribution in [2.75, 3.05) is 0 Å². The molecule has 5 heterocycles. The molecule has 0 atom stereocenters. The van der Waals surface area contributed by atoms with Crippen LogP contribution in [0.2, 0.25) is 0 Å². The SMILES string of the molecule is c1ccc(-c2cnc3oc4c(-c5ccc(-c6nc(-c7ccccc7)nc(-c7ccc(-n8c9ccccc9c9ccccc98)cc7)n6)cc5)nc(-c5ccc6ccccc6c5)nc4c3c2)cc1. The normalized spacial score (nSPS) is 11.6. The maximum atomic E-state index is 6.54. The van der Waals surface area contributed by atoms with Gasteiger partial charge in [-0.3, -0.25) is 0 Å². The highest BCUT2D eigenvalue weighted by atomic mass is 16.3. The number of fused-ring (bicyclic) bond motifs is 7. The standard InChI is InChI=1S/C58H35N7O/c1-3-13-36(14-4-1)44-34-48-52-53(66-58(48)59-35-44)51(60-57(61-52)43-28-23-37-15-7-8-18-42(37)33-43)38-24-26-40(27-25-38)55-62-54(39-16-5-2-6-17-39)63-56(64-55)41-29-31-45(32-30-41)65-49-21-11-9-19-46(49)47-20-10-12-22-50(47)65/h1-35H. The van der Waals surface area contributed by atoms with Crippen LogP contribution in [0.25, 0.3) is 128 Å². The number of hydrogen-bond acceptors (Lipinski definition) is 7. The number of benzene rings is 8. The number of aromatic nitrogens is 7. The van der Waals surface area contributed by atoms with Crippen molar-refractivity contribution in [1.29, 1.82) is 0 Å². The fourth-order valence-corrected chi connectivity index (χ4v) is 9.06. The van der Waals surface area contributed by atoms with Crippen LogP contribution in [0.3, 0.4) is 0 Å². The van der Waals surface area contributed by atoms with Crippen molar-refractivity contribution < 1.29 is 4.42 Å². The minimum Gasteiger partial charge on any atom is -0.434 e. The molecule has 0 saturated carbocycles. The number of hydrogen-bond donors (Lipinski definition) is 0. The Morgan fingerprint density at radius 2 is 0.864 bits per heavy atom. The third-order valence-electron chi connectivity index (χ3n) is 12.3. The number of nitrogens with zero attached hydrogens (tertiary/aromatic N) is 7. The zero-order chi connectivity index (χ0) is 43.6. The summed E-state index contributed by atoms with van der Waals surface area (Å²) in [6, 6.07) is 70.7. The summed E-state index contributed by atoms with van der Waals surface area (Å²) < 4.78 is 8.85. The second kappa shape index (κ2) is 15.3. The van der Waals surface area contributed by atoms with Crippen molar-refractivity contribution in [3.63, 3.8) is 0 Å². The second-order valence-electron chi connectivity index (χ2n) is 16.3. The summed E-state index contributed by atoms with van der Waals surface area (Å²) in [7, 11) is 0. The molecule has 0 radical (unpaired) electrons. The molecule has 0 fully saturated rings. The Morgan fingerprint density at radius 3 is 1.53 bits per heavy atom. The van der Waals surface area contributed by atoms with Crippen molar-refractivity contribution in [1.82, 2.24) is 34.5 Å². The fraction of sp³-hybridized carbons (Fsp3) is 0. The van der Waals surface area contributed by atoms with Crippen LogP contribution in [0.5, 0.6) is 0 Å². The third kappa shape index (κ3) is 6.39. The largest absolute Gasteiger partial charge is 0.434 e. The van der Waals surface area contributed by atoms with E-state index in [1.807, 2.05) is 91.1 Å². The van der Waals surface area contributed by atoms with Crippen molar-refractivity contribution in [2.24, 2.45) is 0 Å². The topological polar surface area (TPSA) is 95.4 Å². The minimum absolute atomic E-state index is 0.502. The second-order valence-corrected chi connectivity index (χ2v) is 16.3. The summed E-state index contributed by atoms with van der Waals surface area (Å²) in [6.45, 7) is 0. The van der Waals surface area contributed by atoms with Gasteiger partial charge in [0.05, 0.1) is 16.4 Å². The molecule has 8 aromatic carbocycles. The van der Waals surface area contributed by atoms with Crippen LogP contribution in [0, 0.1) is 0 Å². The Labute approximate surface area is 378 Å². The minimum atomic E-state index is 0.502. The molecule has 66 heavy (non-hydrogen) atoms. The summed E-state index contributed by atoms with van der Waals surface area (Å²) in [6.07, 6.45) is 1.85. The van der Waals surface area contributed by atoms with E-state index in [0.717, 1.165) is 71.8 Å². The molecule has 13 aromatic rings.